The number of carbonyl (C=O) groups excluding carboxylic acids is 2. The van der Waals surface area contributed by atoms with E-state index in [4.69, 9.17) is 30.2 Å². The van der Waals surface area contributed by atoms with E-state index in [0.29, 0.717) is 22.1 Å². The van der Waals surface area contributed by atoms with Crippen LogP contribution < -0.4 is 19.6 Å². The maximum absolute atomic E-state index is 12.0. The number of aryl methyl sites for hydroxylation is 2. The van der Waals surface area contributed by atoms with Gasteiger partial charge in [-0.05, 0) is 73.0 Å². The van der Waals surface area contributed by atoms with Gasteiger partial charge in [0.2, 0.25) is 5.76 Å². The summed E-state index contributed by atoms with van der Waals surface area (Å²) in [5.74, 6) is 0.0871. The van der Waals surface area contributed by atoms with Crippen molar-refractivity contribution in [3.05, 3.63) is 76.2 Å². The van der Waals surface area contributed by atoms with Gasteiger partial charge in [-0.25, -0.2) is 10.2 Å². The van der Waals surface area contributed by atoms with Crippen LogP contribution in [0.25, 0.3) is 0 Å². The van der Waals surface area contributed by atoms with E-state index < -0.39 is 11.9 Å². The van der Waals surface area contributed by atoms with Gasteiger partial charge in [0.1, 0.15) is 5.75 Å². The molecule has 32 heavy (non-hydrogen) atoms. The Morgan fingerprint density at radius 2 is 1.88 bits per heavy atom. The SMILES string of the molecule is COc1cc(C=NNC(=O)COc2cc(C)c(Cl)c(C)c2)ccc1OC(=O)c1ccco1. The molecule has 0 fully saturated rings. The number of halogens is 1. The van der Waals surface area contributed by atoms with Crippen molar-refractivity contribution >= 4 is 29.7 Å². The molecular formula is C23H21ClN2O6. The van der Waals surface area contributed by atoms with Crippen LogP contribution >= 0.6 is 11.6 Å². The fraction of sp³-hybridized carbons (Fsp3) is 0.174. The fourth-order valence-electron chi connectivity index (χ4n) is 2.74. The van der Waals surface area contributed by atoms with E-state index in [-0.39, 0.29) is 18.1 Å². The summed E-state index contributed by atoms with van der Waals surface area (Å²) in [6.07, 6.45) is 2.80. The number of esters is 1. The van der Waals surface area contributed by atoms with Crippen molar-refractivity contribution < 1.29 is 28.2 Å². The van der Waals surface area contributed by atoms with Gasteiger partial charge in [-0.1, -0.05) is 11.6 Å². The minimum atomic E-state index is -0.645. The number of hydrogen-bond acceptors (Lipinski definition) is 7. The molecule has 1 heterocycles. The van der Waals surface area contributed by atoms with Crippen LogP contribution in [0, 0.1) is 13.8 Å². The summed E-state index contributed by atoms with van der Waals surface area (Å²) < 4.78 is 21.0. The summed E-state index contributed by atoms with van der Waals surface area (Å²) in [7, 11) is 1.44. The Kier molecular flexibility index (Phi) is 7.51. The molecule has 3 rings (SSSR count). The minimum absolute atomic E-state index is 0.0755. The number of ether oxygens (including phenoxy) is 3. The van der Waals surface area contributed by atoms with Gasteiger partial charge >= 0.3 is 5.97 Å². The van der Waals surface area contributed by atoms with Gasteiger partial charge in [0.25, 0.3) is 5.91 Å². The third-order valence-corrected chi connectivity index (χ3v) is 4.89. The third-order valence-electron chi connectivity index (χ3n) is 4.30. The standard InChI is InChI=1S/C23H21ClN2O6/c1-14-9-17(10-15(2)22(14)24)31-13-21(27)26-25-12-16-6-7-18(20(11-16)29-3)32-23(28)19-5-4-8-30-19/h4-12H,13H2,1-3H3,(H,26,27). The highest BCUT2D eigenvalue weighted by Crippen LogP contribution is 2.28. The van der Waals surface area contributed by atoms with Gasteiger partial charge in [0.15, 0.2) is 18.1 Å². The zero-order valence-corrected chi connectivity index (χ0v) is 18.4. The minimum Gasteiger partial charge on any atom is -0.493 e. The number of nitrogens with zero attached hydrogens (tertiary/aromatic N) is 1. The third kappa shape index (κ3) is 5.89. The Bertz CT molecular complexity index is 1120. The van der Waals surface area contributed by atoms with Gasteiger partial charge in [-0.15, -0.1) is 0 Å². The summed E-state index contributed by atoms with van der Waals surface area (Å²) in [5.41, 5.74) is 4.74. The summed E-state index contributed by atoms with van der Waals surface area (Å²) in [6, 6.07) is 11.4. The lowest BCUT2D eigenvalue weighted by Crippen LogP contribution is -2.24. The van der Waals surface area contributed by atoms with E-state index in [1.165, 1.54) is 25.7 Å². The molecular weight excluding hydrogens is 436 g/mol. The maximum Gasteiger partial charge on any atom is 0.379 e. The summed E-state index contributed by atoms with van der Waals surface area (Å²) in [4.78, 5) is 24.0. The van der Waals surface area contributed by atoms with Crippen molar-refractivity contribution in [2.24, 2.45) is 5.10 Å². The number of methoxy groups -OCH3 is 1. The van der Waals surface area contributed by atoms with E-state index in [1.54, 1.807) is 36.4 Å². The second-order valence-corrected chi connectivity index (χ2v) is 7.11. The van der Waals surface area contributed by atoms with Crippen molar-refractivity contribution in [2.45, 2.75) is 13.8 Å². The van der Waals surface area contributed by atoms with Crippen LogP contribution in [-0.2, 0) is 4.79 Å². The molecule has 0 atom stereocenters. The molecule has 0 saturated heterocycles. The van der Waals surface area contributed by atoms with Crippen LogP contribution in [0.3, 0.4) is 0 Å². The van der Waals surface area contributed by atoms with Crippen LogP contribution in [0.5, 0.6) is 17.2 Å². The van der Waals surface area contributed by atoms with E-state index in [1.807, 2.05) is 13.8 Å². The molecule has 3 aromatic rings. The molecule has 0 radical (unpaired) electrons. The van der Waals surface area contributed by atoms with Crippen LogP contribution in [0.2, 0.25) is 5.02 Å². The van der Waals surface area contributed by atoms with Crippen molar-refractivity contribution in [3.63, 3.8) is 0 Å². The lowest BCUT2D eigenvalue weighted by atomic mass is 10.1. The van der Waals surface area contributed by atoms with Gasteiger partial charge in [0, 0.05) is 5.02 Å². The second-order valence-electron chi connectivity index (χ2n) is 6.73. The number of hydrogen-bond donors (Lipinski definition) is 1. The van der Waals surface area contributed by atoms with E-state index in [9.17, 15) is 9.59 Å². The summed E-state index contributed by atoms with van der Waals surface area (Å²) in [6.45, 7) is 3.52. The van der Waals surface area contributed by atoms with E-state index in [2.05, 4.69) is 10.5 Å². The molecule has 1 N–H and O–H groups in total. The van der Waals surface area contributed by atoms with E-state index >= 15 is 0 Å². The normalized spacial score (nSPS) is 10.8. The predicted octanol–water partition coefficient (Wildman–Crippen LogP) is 4.31. The zero-order valence-electron chi connectivity index (χ0n) is 17.7. The monoisotopic (exact) mass is 456 g/mol. The molecule has 1 aromatic heterocycles. The first kappa shape index (κ1) is 22.9. The Morgan fingerprint density at radius 3 is 2.53 bits per heavy atom. The first-order chi connectivity index (χ1) is 15.4. The highest BCUT2D eigenvalue weighted by atomic mass is 35.5. The Hall–Kier alpha value is -3.78. The molecule has 0 unspecified atom stereocenters. The zero-order chi connectivity index (χ0) is 23.1. The summed E-state index contributed by atoms with van der Waals surface area (Å²) in [5, 5.41) is 4.58. The number of carbonyl (C=O) groups is 2. The number of rotatable bonds is 8. The van der Waals surface area contributed by atoms with Crippen molar-refractivity contribution in [1.82, 2.24) is 5.43 Å². The highest BCUT2D eigenvalue weighted by molar-refractivity contribution is 6.32. The first-order valence-electron chi connectivity index (χ1n) is 9.52. The average molecular weight is 457 g/mol. The molecule has 0 spiro atoms. The Labute approximate surface area is 189 Å². The number of amides is 1. The smallest absolute Gasteiger partial charge is 0.379 e. The summed E-state index contributed by atoms with van der Waals surface area (Å²) >= 11 is 6.13. The Morgan fingerprint density at radius 1 is 1.12 bits per heavy atom. The van der Waals surface area contributed by atoms with E-state index in [0.717, 1.165) is 11.1 Å². The quantitative estimate of drug-likeness (QED) is 0.235. The lowest BCUT2D eigenvalue weighted by Gasteiger charge is -2.09. The lowest BCUT2D eigenvalue weighted by molar-refractivity contribution is -0.123. The van der Waals surface area contributed by atoms with Gasteiger partial charge < -0.3 is 18.6 Å². The molecule has 0 aliphatic heterocycles. The molecule has 166 valence electrons. The van der Waals surface area contributed by atoms with Crippen LogP contribution in [0.4, 0.5) is 0 Å². The van der Waals surface area contributed by atoms with Gasteiger partial charge in [-0.2, -0.15) is 5.10 Å². The molecule has 0 aliphatic carbocycles. The first-order valence-corrected chi connectivity index (χ1v) is 9.90. The van der Waals surface area contributed by atoms with Crippen molar-refractivity contribution in [1.29, 1.82) is 0 Å². The fourth-order valence-corrected chi connectivity index (χ4v) is 2.85. The van der Waals surface area contributed by atoms with Crippen molar-refractivity contribution in [3.8, 4) is 17.2 Å². The molecule has 0 aliphatic rings. The Balaban J connectivity index is 1.55. The number of furan rings is 1. The largest absolute Gasteiger partial charge is 0.493 e. The maximum atomic E-state index is 12.0. The molecule has 1 amide bonds. The van der Waals surface area contributed by atoms with Crippen LogP contribution in [-0.4, -0.2) is 31.8 Å². The number of nitrogens with one attached hydrogen (secondary N) is 1. The number of hydrazone groups is 1. The van der Waals surface area contributed by atoms with Gasteiger partial charge in [0.05, 0.1) is 19.6 Å². The predicted molar refractivity (Wildman–Crippen MR) is 119 cm³/mol. The molecule has 8 nitrogen and oxygen atoms in total. The topological polar surface area (TPSA) is 99.4 Å². The second kappa shape index (κ2) is 10.5. The number of benzene rings is 2. The van der Waals surface area contributed by atoms with Crippen LogP contribution in [0.15, 0.2) is 58.2 Å². The molecule has 9 heteroatoms. The van der Waals surface area contributed by atoms with Gasteiger partial charge in [-0.3, -0.25) is 4.79 Å². The van der Waals surface area contributed by atoms with Crippen LogP contribution in [0.1, 0.15) is 27.2 Å². The molecule has 0 bridgehead atoms. The highest BCUT2D eigenvalue weighted by Gasteiger charge is 2.15. The molecule has 2 aromatic carbocycles. The van der Waals surface area contributed by atoms with Crippen molar-refractivity contribution in [2.75, 3.05) is 13.7 Å². The molecule has 0 saturated carbocycles. The average Bonchev–Trinajstić information content (AvgIpc) is 3.32.